The molecule has 0 bridgehead atoms. The molecular formula is C17H17Cl2N5O3S. The summed E-state index contributed by atoms with van der Waals surface area (Å²) in [5, 5.41) is 22.1. The molecule has 4 atom stereocenters. The maximum atomic E-state index is 10.5. The Bertz CT molecular complexity index is 1000. The van der Waals surface area contributed by atoms with Crippen molar-refractivity contribution in [2.24, 2.45) is 0 Å². The minimum atomic E-state index is -1.13. The number of rotatable bonds is 5. The summed E-state index contributed by atoms with van der Waals surface area (Å²) in [5.74, 6) is 1.30. The molecule has 0 unspecified atom stereocenters. The number of fused-ring (bicyclic) bond motifs is 1. The highest BCUT2D eigenvalue weighted by Gasteiger charge is 2.44. The molecule has 4 N–H and O–H groups in total. The molecule has 3 aromatic rings. The van der Waals surface area contributed by atoms with Gasteiger partial charge in [0, 0.05) is 21.6 Å². The van der Waals surface area contributed by atoms with Gasteiger partial charge in [-0.3, -0.25) is 4.57 Å². The van der Waals surface area contributed by atoms with E-state index in [0.29, 0.717) is 32.7 Å². The van der Waals surface area contributed by atoms with Gasteiger partial charge in [0.05, 0.1) is 12.4 Å². The van der Waals surface area contributed by atoms with Crippen molar-refractivity contribution in [3.8, 4) is 0 Å². The lowest BCUT2D eigenvalue weighted by Crippen LogP contribution is -2.32. The molecule has 0 aliphatic carbocycles. The lowest BCUT2D eigenvalue weighted by molar-refractivity contribution is -0.0289. The maximum absolute atomic E-state index is 10.5. The predicted octanol–water partition coefficient (Wildman–Crippen LogP) is 2.27. The molecule has 2 aromatic heterocycles. The first-order valence-corrected chi connectivity index (χ1v) is 10.3. The fourth-order valence-corrected chi connectivity index (χ4v) is 4.63. The molecule has 1 fully saturated rings. The van der Waals surface area contributed by atoms with Crippen molar-refractivity contribution in [3.05, 3.63) is 46.5 Å². The number of aliphatic hydroxyl groups excluding tert-OH is 2. The quantitative estimate of drug-likeness (QED) is 0.551. The second kappa shape index (κ2) is 8.02. The van der Waals surface area contributed by atoms with Gasteiger partial charge in [0.25, 0.3) is 0 Å². The number of nitrogens with zero attached hydrogens (tertiary/aromatic N) is 4. The van der Waals surface area contributed by atoms with Crippen LogP contribution in [0.3, 0.4) is 0 Å². The van der Waals surface area contributed by atoms with E-state index in [0.717, 1.165) is 5.56 Å². The molecule has 0 spiro atoms. The number of nitrogens with two attached hydrogens (primary N) is 1. The SMILES string of the molecule is Nc1ncnc2c1ncn2[C@@H]1O[C@H](CSCc2cc(Cl)ccc2Cl)[C@@H](O)[C@H]1O. The topological polar surface area (TPSA) is 119 Å². The number of imidazole rings is 1. The van der Waals surface area contributed by atoms with Crippen molar-refractivity contribution in [1.82, 2.24) is 19.5 Å². The van der Waals surface area contributed by atoms with E-state index < -0.39 is 24.5 Å². The van der Waals surface area contributed by atoms with Crippen molar-refractivity contribution in [3.63, 3.8) is 0 Å². The van der Waals surface area contributed by atoms with E-state index in [4.69, 9.17) is 33.7 Å². The summed E-state index contributed by atoms with van der Waals surface area (Å²) in [5.41, 5.74) is 7.55. The van der Waals surface area contributed by atoms with Crippen LogP contribution in [-0.2, 0) is 10.5 Å². The number of aromatic nitrogens is 4. The molecule has 4 rings (SSSR count). The Balaban J connectivity index is 1.45. The summed E-state index contributed by atoms with van der Waals surface area (Å²) in [6.45, 7) is 0. The van der Waals surface area contributed by atoms with Crippen LogP contribution in [0.25, 0.3) is 11.2 Å². The Labute approximate surface area is 174 Å². The van der Waals surface area contributed by atoms with Crippen LogP contribution in [0.5, 0.6) is 0 Å². The van der Waals surface area contributed by atoms with E-state index in [9.17, 15) is 10.2 Å². The Morgan fingerprint density at radius 2 is 2.00 bits per heavy atom. The summed E-state index contributed by atoms with van der Waals surface area (Å²) in [4.78, 5) is 12.2. The summed E-state index contributed by atoms with van der Waals surface area (Å²) in [7, 11) is 0. The molecule has 1 aliphatic rings. The molecule has 0 amide bonds. The number of benzene rings is 1. The van der Waals surface area contributed by atoms with Crippen molar-refractivity contribution in [1.29, 1.82) is 0 Å². The smallest absolute Gasteiger partial charge is 0.167 e. The lowest BCUT2D eigenvalue weighted by Gasteiger charge is -2.16. The van der Waals surface area contributed by atoms with E-state index in [1.165, 1.54) is 24.4 Å². The second-order valence-corrected chi connectivity index (χ2v) is 8.25. The van der Waals surface area contributed by atoms with Gasteiger partial charge >= 0.3 is 0 Å². The van der Waals surface area contributed by atoms with E-state index in [-0.39, 0.29) is 5.82 Å². The van der Waals surface area contributed by atoms with Crippen molar-refractivity contribution in [2.45, 2.75) is 30.3 Å². The van der Waals surface area contributed by atoms with Gasteiger partial charge in [-0.15, -0.1) is 0 Å². The van der Waals surface area contributed by atoms with Gasteiger partial charge in [0.15, 0.2) is 17.7 Å². The van der Waals surface area contributed by atoms with E-state index in [2.05, 4.69) is 15.0 Å². The van der Waals surface area contributed by atoms with Crippen LogP contribution in [0.4, 0.5) is 5.82 Å². The number of halogens is 2. The van der Waals surface area contributed by atoms with Gasteiger partial charge in [-0.25, -0.2) is 15.0 Å². The molecule has 0 saturated carbocycles. The van der Waals surface area contributed by atoms with Crippen LogP contribution in [0.2, 0.25) is 10.0 Å². The van der Waals surface area contributed by atoms with Crippen LogP contribution in [-0.4, -0.2) is 53.8 Å². The summed E-state index contributed by atoms with van der Waals surface area (Å²) in [6.07, 6.45) is -0.792. The highest BCUT2D eigenvalue weighted by molar-refractivity contribution is 7.98. The molecule has 0 radical (unpaired) electrons. The Morgan fingerprint density at radius 3 is 2.82 bits per heavy atom. The van der Waals surface area contributed by atoms with Gasteiger partial charge in [-0.1, -0.05) is 23.2 Å². The Morgan fingerprint density at radius 1 is 1.18 bits per heavy atom. The third kappa shape index (κ3) is 3.66. The average molecular weight is 442 g/mol. The average Bonchev–Trinajstić information content (AvgIpc) is 3.22. The standard InChI is InChI=1S/C17H17Cl2N5O3S/c18-9-1-2-10(19)8(3-9)4-28-5-11-13(25)14(26)17(27-11)24-7-23-12-15(20)21-6-22-16(12)24/h1-3,6-7,11,13-14,17,25-26H,4-5H2,(H2,20,21,22)/t11-,13-,14-,17-/m1/s1. The van der Waals surface area contributed by atoms with Crippen LogP contribution >= 0.6 is 35.0 Å². The predicted molar refractivity (Wildman–Crippen MR) is 108 cm³/mol. The largest absolute Gasteiger partial charge is 0.387 e. The zero-order valence-electron chi connectivity index (χ0n) is 14.4. The minimum absolute atomic E-state index is 0.238. The van der Waals surface area contributed by atoms with E-state index in [1.807, 2.05) is 6.07 Å². The number of aliphatic hydroxyl groups is 2. The first kappa shape index (κ1) is 19.7. The summed E-state index contributed by atoms with van der Waals surface area (Å²) >= 11 is 13.7. The number of thioether (sulfide) groups is 1. The van der Waals surface area contributed by atoms with E-state index in [1.54, 1.807) is 16.7 Å². The van der Waals surface area contributed by atoms with Gasteiger partial charge in [-0.2, -0.15) is 11.8 Å². The fourth-order valence-electron chi connectivity index (χ4n) is 3.09. The van der Waals surface area contributed by atoms with Crippen LogP contribution in [0.15, 0.2) is 30.9 Å². The van der Waals surface area contributed by atoms with Gasteiger partial charge < -0.3 is 20.7 Å². The zero-order chi connectivity index (χ0) is 19.8. The second-order valence-electron chi connectivity index (χ2n) is 6.38. The normalized spacial score (nSPS) is 24.9. The lowest BCUT2D eigenvalue weighted by atomic mass is 10.1. The van der Waals surface area contributed by atoms with Crippen molar-refractivity contribution >= 4 is 51.9 Å². The first-order valence-electron chi connectivity index (χ1n) is 8.42. The summed E-state index contributed by atoms with van der Waals surface area (Å²) < 4.78 is 7.47. The molecule has 1 aromatic carbocycles. The maximum Gasteiger partial charge on any atom is 0.167 e. The molecule has 28 heavy (non-hydrogen) atoms. The number of hydrogen-bond acceptors (Lipinski definition) is 8. The Hall–Kier alpha value is -1.62. The highest BCUT2D eigenvalue weighted by Crippen LogP contribution is 2.34. The van der Waals surface area contributed by atoms with Gasteiger partial charge in [-0.05, 0) is 23.8 Å². The number of hydrogen-bond donors (Lipinski definition) is 3. The highest BCUT2D eigenvalue weighted by atomic mass is 35.5. The minimum Gasteiger partial charge on any atom is -0.387 e. The first-order chi connectivity index (χ1) is 13.5. The van der Waals surface area contributed by atoms with Crippen LogP contribution < -0.4 is 5.73 Å². The fraction of sp³-hybridized carbons (Fsp3) is 0.353. The van der Waals surface area contributed by atoms with Crippen LogP contribution in [0, 0.1) is 0 Å². The summed E-state index contributed by atoms with van der Waals surface area (Å²) in [6, 6.07) is 5.29. The molecule has 1 saturated heterocycles. The number of nitrogen functional groups attached to an aromatic ring is 1. The Kier molecular flexibility index (Phi) is 5.64. The molecule has 11 heteroatoms. The monoisotopic (exact) mass is 441 g/mol. The molecule has 1 aliphatic heterocycles. The number of ether oxygens (including phenoxy) is 1. The molecular weight excluding hydrogens is 425 g/mol. The molecule has 148 valence electrons. The van der Waals surface area contributed by atoms with Crippen molar-refractivity contribution in [2.75, 3.05) is 11.5 Å². The van der Waals surface area contributed by atoms with Gasteiger partial charge in [0.1, 0.15) is 24.1 Å². The van der Waals surface area contributed by atoms with Crippen LogP contribution in [0.1, 0.15) is 11.8 Å². The third-order valence-corrected chi connectivity index (χ3v) is 6.23. The van der Waals surface area contributed by atoms with E-state index >= 15 is 0 Å². The van der Waals surface area contributed by atoms with Gasteiger partial charge in [0.2, 0.25) is 0 Å². The zero-order valence-corrected chi connectivity index (χ0v) is 16.8. The number of anilines is 1. The third-order valence-electron chi connectivity index (χ3n) is 4.55. The van der Waals surface area contributed by atoms with Crippen molar-refractivity contribution < 1.29 is 14.9 Å². The molecule has 8 nitrogen and oxygen atoms in total. The molecule has 3 heterocycles.